The molecule has 0 heterocycles. The van der Waals surface area contributed by atoms with E-state index in [-0.39, 0.29) is 5.41 Å². The van der Waals surface area contributed by atoms with Gasteiger partial charge < -0.3 is 4.84 Å². The molecule has 0 spiro atoms. The summed E-state index contributed by atoms with van der Waals surface area (Å²) in [6, 6.07) is 25.8. The highest BCUT2D eigenvalue weighted by atomic mass is 16.6. The number of benzene rings is 3. The maximum atomic E-state index is 5.89. The fourth-order valence-corrected chi connectivity index (χ4v) is 3.80. The SMILES string of the molecule is Cc1c(CO/N=C(/c2ccc(C(C)(C)C)cc2)C2CC2)cccc1-c1ccccc1. The second kappa shape index (κ2) is 8.47. The van der Waals surface area contributed by atoms with Gasteiger partial charge in [0, 0.05) is 5.92 Å². The molecule has 4 rings (SSSR count). The fourth-order valence-electron chi connectivity index (χ4n) is 3.80. The van der Waals surface area contributed by atoms with Crippen molar-refractivity contribution in [3.8, 4) is 11.1 Å². The molecule has 3 aromatic carbocycles. The van der Waals surface area contributed by atoms with Crippen molar-refractivity contribution in [1.82, 2.24) is 0 Å². The normalized spacial score (nSPS) is 14.6. The van der Waals surface area contributed by atoms with Gasteiger partial charge in [0.2, 0.25) is 0 Å². The minimum absolute atomic E-state index is 0.160. The minimum Gasteiger partial charge on any atom is -0.391 e. The molecule has 0 amide bonds. The number of hydrogen-bond donors (Lipinski definition) is 0. The van der Waals surface area contributed by atoms with Gasteiger partial charge in [0.15, 0.2) is 0 Å². The highest BCUT2D eigenvalue weighted by molar-refractivity contribution is 6.03. The van der Waals surface area contributed by atoms with E-state index >= 15 is 0 Å². The van der Waals surface area contributed by atoms with E-state index in [0.717, 1.165) is 5.71 Å². The lowest BCUT2D eigenvalue weighted by atomic mass is 9.86. The Kier molecular flexibility index (Phi) is 5.76. The Balaban J connectivity index is 1.51. The van der Waals surface area contributed by atoms with Crippen LogP contribution in [0, 0.1) is 12.8 Å². The van der Waals surface area contributed by atoms with Gasteiger partial charge in [-0.15, -0.1) is 0 Å². The molecular weight excluding hydrogens is 366 g/mol. The van der Waals surface area contributed by atoms with Gasteiger partial charge in [0.1, 0.15) is 6.61 Å². The molecule has 0 bridgehead atoms. The fraction of sp³-hybridized carbons (Fsp3) is 0.321. The molecule has 0 radical (unpaired) electrons. The Bertz CT molecular complexity index is 1020. The average Bonchev–Trinajstić information content (AvgIpc) is 3.58. The summed E-state index contributed by atoms with van der Waals surface area (Å²) in [6.07, 6.45) is 2.40. The number of rotatable bonds is 6. The van der Waals surface area contributed by atoms with Gasteiger partial charge in [-0.3, -0.25) is 0 Å². The molecule has 0 unspecified atom stereocenters. The van der Waals surface area contributed by atoms with E-state index in [9.17, 15) is 0 Å². The van der Waals surface area contributed by atoms with Crippen LogP contribution < -0.4 is 0 Å². The minimum atomic E-state index is 0.160. The molecule has 0 aliphatic heterocycles. The van der Waals surface area contributed by atoms with Crippen molar-refractivity contribution in [2.45, 2.75) is 52.6 Å². The predicted octanol–water partition coefficient (Wildman–Crippen LogP) is 7.29. The Morgan fingerprint density at radius 3 is 2.23 bits per heavy atom. The summed E-state index contributed by atoms with van der Waals surface area (Å²) < 4.78 is 0. The summed E-state index contributed by atoms with van der Waals surface area (Å²) in [4.78, 5) is 5.89. The highest BCUT2D eigenvalue weighted by Crippen LogP contribution is 2.34. The number of hydrogen-bond acceptors (Lipinski definition) is 2. The van der Waals surface area contributed by atoms with Crippen LogP contribution in [0.4, 0.5) is 0 Å². The van der Waals surface area contributed by atoms with Crippen LogP contribution in [0.5, 0.6) is 0 Å². The molecule has 0 saturated heterocycles. The van der Waals surface area contributed by atoms with E-state index < -0.39 is 0 Å². The first kappa shape index (κ1) is 20.4. The lowest BCUT2D eigenvalue weighted by molar-refractivity contribution is 0.129. The molecule has 1 fully saturated rings. The number of oxime groups is 1. The average molecular weight is 398 g/mol. The lowest BCUT2D eigenvalue weighted by Gasteiger charge is -2.19. The van der Waals surface area contributed by atoms with Gasteiger partial charge in [-0.05, 0) is 58.6 Å². The standard InChI is InChI=1S/C28H31NO/c1-20-24(11-8-12-26(20)21-9-6-5-7-10-21)19-30-29-27(22-13-14-22)23-15-17-25(18-16-23)28(2,3)4/h5-12,15-18,22H,13-14,19H2,1-4H3/b29-27+. The first-order valence-corrected chi connectivity index (χ1v) is 10.9. The van der Waals surface area contributed by atoms with Crippen LogP contribution in [0.25, 0.3) is 11.1 Å². The van der Waals surface area contributed by atoms with E-state index in [1.54, 1.807) is 0 Å². The summed E-state index contributed by atoms with van der Waals surface area (Å²) in [5.74, 6) is 0.530. The van der Waals surface area contributed by atoms with E-state index in [2.05, 4.69) is 99.6 Å². The van der Waals surface area contributed by atoms with Crippen LogP contribution in [0.2, 0.25) is 0 Å². The molecule has 1 aliphatic rings. The van der Waals surface area contributed by atoms with E-state index in [0.29, 0.717) is 12.5 Å². The van der Waals surface area contributed by atoms with E-state index in [4.69, 9.17) is 4.84 Å². The van der Waals surface area contributed by atoms with Gasteiger partial charge in [-0.25, -0.2) is 0 Å². The van der Waals surface area contributed by atoms with E-state index in [1.807, 2.05) is 6.07 Å². The van der Waals surface area contributed by atoms with Crippen molar-refractivity contribution in [2.75, 3.05) is 0 Å². The van der Waals surface area contributed by atoms with Gasteiger partial charge in [0.05, 0.1) is 5.71 Å². The molecule has 154 valence electrons. The molecular formula is C28H31NO. The van der Waals surface area contributed by atoms with Crippen molar-refractivity contribution >= 4 is 5.71 Å². The summed E-state index contributed by atoms with van der Waals surface area (Å²) in [5, 5.41) is 4.60. The zero-order valence-electron chi connectivity index (χ0n) is 18.5. The van der Waals surface area contributed by atoms with E-state index in [1.165, 1.54) is 46.2 Å². The summed E-state index contributed by atoms with van der Waals surface area (Å²) in [6.45, 7) is 9.38. The quantitative estimate of drug-likeness (QED) is 0.316. The Labute approximate surface area is 180 Å². The van der Waals surface area contributed by atoms with Crippen molar-refractivity contribution in [1.29, 1.82) is 0 Å². The molecule has 2 heteroatoms. The Hall–Kier alpha value is -2.87. The van der Waals surface area contributed by atoms with Crippen molar-refractivity contribution in [3.05, 3.63) is 95.1 Å². The van der Waals surface area contributed by atoms with Gasteiger partial charge in [-0.1, -0.05) is 98.7 Å². The molecule has 0 N–H and O–H groups in total. The third-order valence-electron chi connectivity index (χ3n) is 5.92. The second-order valence-corrected chi connectivity index (χ2v) is 9.31. The third kappa shape index (κ3) is 4.64. The van der Waals surface area contributed by atoms with Crippen LogP contribution in [0.15, 0.2) is 78.0 Å². The molecule has 1 aliphatic carbocycles. The first-order valence-electron chi connectivity index (χ1n) is 10.9. The molecule has 0 aromatic heterocycles. The topological polar surface area (TPSA) is 21.6 Å². The van der Waals surface area contributed by atoms with Crippen LogP contribution in [-0.2, 0) is 16.9 Å². The van der Waals surface area contributed by atoms with Crippen LogP contribution in [0.3, 0.4) is 0 Å². The highest BCUT2D eigenvalue weighted by Gasteiger charge is 2.29. The van der Waals surface area contributed by atoms with Crippen LogP contribution >= 0.6 is 0 Å². The zero-order chi connectivity index (χ0) is 21.1. The summed E-state index contributed by atoms with van der Waals surface area (Å²) >= 11 is 0. The number of nitrogens with zero attached hydrogens (tertiary/aromatic N) is 1. The largest absolute Gasteiger partial charge is 0.391 e. The molecule has 2 nitrogen and oxygen atoms in total. The van der Waals surface area contributed by atoms with Gasteiger partial charge >= 0.3 is 0 Å². The molecule has 3 aromatic rings. The third-order valence-corrected chi connectivity index (χ3v) is 5.92. The predicted molar refractivity (Wildman–Crippen MR) is 126 cm³/mol. The van der Waals surface area contributed by atoms with Crippen molar-refractivity contribution in [3.63, 3.8) is 0 Å². The summed E-state index contributed by atoms with van der Waals surface area (Å²) in [5.41, 5.74) is 8.69. The Morgan fingerprint density at radius 2 is 1.60 bits per heavy atom. The second-order valence-electron chi connectivity index (χ2n) is 9.31. The monoisotopic (exact) mass is 397 g/mol. The lowest BCUT2D eigenvalue weighted by Crippen LogP contribution is -2.12. The van der Waals surface area contributed by atoms with Gasteiger partial charge in [-0.2, -0.15) is 0 Å². The van der Waals surface area contributed by atoms with Gasteiger partial charge in [0.25, 0.3) is 0 Å². The zero-order valence-corrected chi connectivity index (χ0v) is 18.5. The Morgan fingerprint density at radius 1 is 0.900 bits per heavy atom. The molecule has 30 heavy (non-hydrogen) atoms. The molecule has 1 saturated carbocycles. The summed E-state index contributed by atoms with van der Waals surface area (Å²) in [7, 11) is 0. The van der Waals surface area contributed by atoms with Crippen molar-refractivity contribution in [2.24, 2.45) is 11.1 Å². The smallest absolute Gasteiger partial charge is 0.142 e. The molecule has 0 atom stereocenters. The van der Waals surface area contributed by atoms with Crippen molar-refractivity contribution < 1.29 is 4.84 Å². The maximum Gasteiger partial charge on any atom is 0.142 e. The van der Waals surface area contributed by atoms with Crippen LogP contribution in [0.1, 0.15) is 55.9 Å². The maximum absolute atomic E-state index is 5.89. The van der Waals surface area contributed by atoms with Crippen LogP contribution in [-0.4, -0.2) is 5.71 Å². The first-order chi connectivity index (χ1) is 14.4.